The molecule has 156 valence electrons. The van der Waals surface area contributed by atoms with Gasteiger partial charge >= 0.3 is 0 Å². The van der Waals surface area contributed by atoms with E-state index in [-0.39, 0.29) is 30.7 Å². The van der Waals surface area contributed by atoms with Crippen LogP contribution in [0.25, 0.3) is 11.3 Å². The van der Waals surface area contributed by atoms with Crippen molar-refractivity contribution >= 4 is 42.3 Å². The molecule has 1 aliphatic rings. The summed E-state index contributed by atoms with van der Waals surface area (Å²) in [5.41, 5.74) is 0.821. The predicted molar refractivity (Wildman–Crippen MR) is 118 cm³/mol. The molecule has 0 unspecified atom stereocenters. The van der Waals surface area contributed by atoms with Crippen molar-refractivity contribution in [3.8, 4) is 11.3 Å². The summed E-state index contributed by atoms with van der Waals surface area (Å²) in [6.45, 7) is 5.89. The lowest BCUT2D eigenvalue weighted by molar-refractivity contribution is -0.132. The molecule has 0 atom stereocenters. The highest BCUT2D eigenvalue weighted by Gasteiger charge is 2.22. The topological polar surface area (TPSA) is 58.4 Å². The molecule has 1 N–H and O–H groups in total. The van der Waals surface area contributed by atoms with Crippen molar-refractivity contribution in [1.82, 2.24) is 15.2 Å². The van der Waals surface area contributed by atoms with E-state index < -0.39 is 0 Å². The molecule has 0 aliphatic carbocycles. The van der Waals surface area contributed by atoms with Crippen LogP contribution in [0.2, 0.25) is 5.02 Å². The van der Waals surface area contributed by atoms with Crippen molar-refractivity contribution in [2.24, 2.45) is 5.92 Å². The number of hydrogen-bond acceptors (Lipinski definition) is 4. The van der Waals surface area contributed by atoms with E-state index in [2.05, 4.69) is 17.2 Å². The number of aryl methyl sites for hydroxylation is 1. The molecular weight excluding hydrogens is 421 g/mol. The van der Waals surface area contributed by atoms with Crippen molar-refractivity contribution in [3.63, 3.8) is 0 Å². The fraction of sp³-hybridized carbons (Fsp3) is 0.500. The van der Waals surface area contributed by atoms with Gasteiger partial charge in [0.05, 0.1) is 11.2 Å². The Hall–Kier alpha value is -1.27. The number of piperidine rings is 1. The molecule has 2 aromatic rings. The first kappa shape index (κ1) is 24.8. The molecule has 0 radical (unpaired) electrons. The van der Waals surface area contributed by atoms with Crippen LogP contribution in [0.15, 0.2) is 34.9 Å². The number of nitrogens with zero attached hydrogens (tertiary/aromatic N) is 2. The summed E-state index contributed by atoms with van der Waals surface area (Å²) in [7, 11) is 0. The molecule has 1 amide bonds. The number of carbonyl (C=O) groups excluding carboxylic acids is 1. The van der Waals surface area contributed by atoms with Gasteiger partial charge in [-0.2, -0.15) is 0 Å². The molecule has 28 heavy (non-hydrogen) atoms. The zero-order valence-electron chi connectivity index (χ0n) is 16.0. The number of likely N-dealkylation sites (tertiary alicyclic amines) is 1. The van der Waals surface area contributed by atoms with Crippen LogP contribution in [-0.2, 0) is 11.2 Å². The van der Waals surface area contributed by atoms with Gasteiger partial charge in [0, 0.05) is 31.5 Å². The molecule has 1 aromatic carbocycles. The van der Waals surface area contributed by atoms with Gasteiger partial charge in [0.1, 0.15) is 0 Å². The summed E-state index contributed by atoms with van der Waals surface area (Å²) in [4.78, 5) is 18.7. The standard InChI is InChI=1S/C20H26ClN3O2.2ClH/c1-2-22-13-15-9-11-24(12-10-15)20(25)8-7-19-23-14-18(26-19)16-5-3-4-6-17(16)21;;/h3-6,14-15,22H,2,7-13H2,1H3;2*1H. The molecule has 0 bridgehead atoms. The Morgan fingerprint density at radius 1 is 1.29 bits per heavy atom. The van der Waals surface area contributed by atoms with E-state index in [9.17, 15) is 4.79 Å². The average molecular weight is 449 g/mol. The van der Waals surface area contributed by atoms with E-state index in [4.69, 9.17) is 16.0 Å². The van der Waals surface area contributed by atoms with Crippen LogP contribution in [-0.4, -0.2) is 42.0 Å². The Labute approximate surface area is 184 Å². The quantitative estimate of drug-likeness (QED) is 0.671. The third-order valence-corrected chi connectivity index (χ3v) is 5.23. The first-order chi connectivity index (χ1) is 12.7. The Bertz CT molecular complexity index is 731. The second kappa shape index (κ2) is 12.3. The summed E-state index contributed by atoms with van der Waals surface area (Å²) < 4.78 is 5.78. The third kappa shape index (κ3) is 6.66. The summed E-state index contributed by atoms with van der Waals surface area (Å²) in [6, 6.07) is 7.51. The highest BCUT2D eigenvalue weighted by atomic mass is 35.5. The Morgan fingerprint density at radius 3 is 2.68 bits per heavy atom. The van der Waals surface area contributed by atoms with E-state index in [1.54, 1.807) is 6.20 Å². The van der Waals surface area contributed by atoms with Crippen molar-refractivity contribution in [1.29, 1.82) is 0 Å². The van der Waals surface area contributed by atoms with E-state index >= 15 is 0 Å². The smallest absolute Gasteiger partial charge is 0.223 e. The van der Waals surface area contributed by atoms with Gasteiger partial charge < -0.3 is 14.6 Å². The number of hydrogen-bond donors (Lipinski definition) is 1. The summed E-state index contributed by atoms with van der Waals surface area (Å²) in [5.74, 6) is 2.09. The predicted octanol–water partition coefficient (Wildman–Crippen LogP) is 4.62. The maximum Gasteiger partial charge on any atom is 0.223 e. The van der Waals surface area contributed by atoms with E-state index in [0.717, 1.165) is 44.6 Å². The van der Waals surface area contributed by atoms with Gasteiger partial charge in [0.15, 0.2) is 11.7 Å². The minimum Gasteiger partial charge on any atom is -0.441 e. The van der Waals surface area contributed by atoms with Crippen LogP contribution >= 0.6 is 36.4 Å². The molecule has 5 nitrogen and oxygen atoms in total. The van der Waals surface area contributed by atoms with E-state index in [1.807, 2.05) is 29.2 Å². The summed E-state index contributed by atoms with van der Waals surface area (Å²) in [6.07, 6.45) is 4.77. The lowest BCUT2D eigenvalue weighted by Crippen LogP contribution is -2.40. The first-order valence-corrected chi connectivity index (χ1v) is 9.73. The zero-order valence-corrected chi connectivity index (χ0v) is 18.4. The molecule has 1 aromatic heterocycles. The van der Waals surface area contributed by atoms with E-state index in [0.29, 0.717) is 35.4 Å². The monoisotopic (exact) mass is 447 g/mol. The maximum atomic E-state index is 12.4. The number of benzene rings is 1. The Balaban J connectivity index is 0.00000196. The van der Waals surface area contributed by atoms with Gasteiger partial charge in [-0.3, -0.25) is 4.79 Å². The maximum absolute atomic E-state index is 12.4. The average Bonchev–Trinajstić information content (AvgIpc) is 3.14. The summed E-state index contributed by atoms with van der Waals surface area (Å²) in [5, 5.41) is 4.03. The molecule has 1 aliphatic heterocycles. The number of nitrogens with one attached hydrogen (secondary N) is 1. The molecule has 8 heteroatoms. The van der Waals surface area contributed by atoms with Crippen molar-refractivity contribution in [2.45, 2.75) is 32.6 Å². The van der Waals surface area contributed by atoms with Gasteiger partial charge in [-0.1, -0.05) is 30.7 Å². The van der Waals surface area contributed by atoms with Crippen LogP contribution in [0.3, 0.4) is 0 Å². The Morgan fingerprint density at radius 2 is 2.00 bits per heavy atom. The van der Waals surface area contributed by atoms with E-state index in [1.165, 1.54) is 0 Å². The molecule has 0 saturated carbocycles. The number of halogens is 3. The molecule has 0 spiro atoms. The van der Waals surface area contributed by atoms with Crippen LogP contribution in [0.1, 0.15) is 32.1 Å². The minimum absolute atomic E-state index is 0. The van der Waals surface area contributed by atoms with Gasteiger partial charge in [-0.15, -0.1) is 24.8 Å². The lowest BCUT2D eigenvalue weighted by atomic mass is 9.96. The number of amides is 1. The van der Waals surface area contributed by atoms with Gasteiger partial charge in [-0.25, -0.2) is 4.98 Å². The number of rotatable bonds is 7. The highest BCUT2D eigenvalue weighted by Crippen LogP contribution is 2.28. The SMILES string of the molecule is CCNCC1CCN(C(=O)CCc2ncc(-c3ccccc3Cl)o2)CC1.Cl.Cl. The molecule has 2 heterocycles. The van der Waals surface area contributed by atoms with Gasteiger partial charge in [0.2, 0.25) is 5.91 Å². The second-order valence-corrected chi connectivity index (χ2v) is 7.14. The highest BCUT2D eigenvalue weighted by molar-refractivity contribution is 6.33. The molecule has 1 saturated heterocycles. The van der Waals surface area contributed by atoms with Crippen molar-refractivity contribution in [3.05, 3.63) is 41.4 Å². The minimum atomic E-state index is 0. The first-order valence-electron chi connectivity index (χ1n) is 9.35. The van der Waals surface area contributed by atoms with Crippen LogP contribution in [0, 0.1) is 5.92 Å². The van der Waals surface area contributed by atoms with Crippen molar-refractivity contribution in [2.75, 3.05) is 26.2 Å². The lowest BCUT2D eigenvalue weighted by Gasteiger charge is -2.32. The van der Waals surface area contributed by atoms with Crippen LogP contribution in [0.4, 0.5) is 0 Å². The fourth-order valence-electron chi connectivity index (χ4n) is 3.32. The summed E-state index contributed by atoms with van der Waals surface area (Å²) >= 11 is 6.19. The van der Waals surface area contributed by atoms with Crippen molar-refractivity contribution < 1.29 is 9.21 Å². The second-order valence-electron chi connectivity index (χ2n) is 6.73. The van der Waals surface area contributed by atoms with Gasteiger partial charge in [-0.05, 0) is 44.0 Å². The van der Waals surface area contributed by atoms with Crippen LogP contribution in [0.5, 0.6) is 0 Å². The third-order valence-electron chi connectivity index (χ3n) is 4.90. The number of oxazole rings is 1. The normalized spacial score (nSPS) is 14.3. The number of aromatic nitrogens is 1. The Kier molecular flexibility index (Phi) is 10.9. The fourth-order valence-corrected chi connectivity index (χ4v) is 3.55. The van der Waals surface area contributed by atoms with Gasteiger partial charge in [0.25, 0.3) is 0 Å². The largest absolute Gasteiger partial charge is 0.441 e. The number of carbonyl (C=O) groups is 1. The van der Waals surface area contributed by atoms with Crippen LogP contribution < -0.4 is 5.32 Å². The molecular formula is C20H28Cl3N3O2. The molecule has 1 fully saturated rings. The zero-order chi connectivity index (χ0) is 18.4. The molecule has 3 rings (SSSR count).